The molecule has 150 valence electrons. The van der Waals surface area contributed by atoms with Crippen LogP contribution < -0.4 is 10.6 Å². The Labute approximate surface area is 168 Å². The summed E-state index contributed by atoms with van der Waals surface area (Å²) in [6, 6.07) is 19.1. The fraction of sp³-hybridized carbons (Fsp3) is 0.417. The fourth-order valence-corrected chi connectivity index (χ4v) is 3.23. The van der Waals surface area contributed by atoms with E-state index in [0.717, 1.165) is 37.1 Å². The van der Waals surface area contributed by atoms with Crippen LogP contribution in [0.15, 0.2) is 60.7 Å². The minimum atomic E-state index is 0.0731. The van der Waals surface area contributed by atoms with Crippen molar-refractivity contribution in [2.75, 3.05) is 10.6 Å². The molecular weight excluding hydrogens is 348 g/mol. The van der Waals surface area contributed by atoms with Crippen LogP contribution in [0.5, 0.6) is 0 Å². The van der Waals surface area contributed by atoms with Crippen LogP contribution in [-0.4, -0.2) is 11.8 Å². The number of hydrogen-bond acceptors (Lipinski definition) is 2. The summed E-state index contributed by atoms with van der Waals surface area (Å²) >= 11 is 0. The number of nitrogens with one attached hydrogen (secondary N) is 2. The van der Waals surface area contributed by atoms with Gasteiger partial charge in [0.25, 0.3) is 0 Å². The quantitative estimate of drug-likeness (QED) is 0.512. The first kappa shape index (κ1) is 21.7. The second kappa shape index (κ2) is 12.0. The number of carbonyl (C=O) groups is 2. The van der Waals surface area contributed by atoms with Gasteiger partial charge in [0.05, 0.1) is 0 Å². The molecule has 0 fully saturated rings. The van der Waals surface area contributed by atoms with Crippen molar-refractivity contribution in [1.82, 2.24) is 0 Å². The van der Waals surface area contributed by atoms with Crippen LogP contribution in [0.3, 0.4) is 0 Å². The highest BCUT2D eigenvalue weighted by Gasteiger charge is 2.11. The lowest BCUT2D eigenvalue weighted by molar-refractivity contribution is -0.117. The summed E-state index contributed by atoms with van der Waals surface area (Å²) in [5.74, 6) is 1.01. The summed E-state index contributed by atoms with van der Waals surface area (Å²) in [5.41, 5.74) is 1.70. The normalized spacial score (nSPS) is 12.8. The van der Waals surface area contributed by atoms with E-state index in [1.165, 1.54) is 0 Å². The van der Waals surface area contributed by atoms with Gasteiger partial charge in [-0.1, -0.05) is 69.5 Å². The molecule has 4 nitrogen and oxygen atoms in total. The van der Waals surface area contributed by atoms with Crippen molar-refractivity contribution in [1.29, 1.82) is 0 Å². The van der Waals surface area contributed by atoms with Crippen LogP contribution in [0.1, 0.15) is 52.4 Å². The molecule has 0 aliphatic carbocycles. The predicted octanol–water partition coefficient (Wildman–Crippen LogP) is 5.88. The smallest absolute Gasteiger partial charge is 0.224 e. The zero-order valence-corrected chi connectivity index (χ0v) is 17.0. The van der Waals surface area contributed by atoms with Gasteiger partial charge in [0.15, 0.2) is 0 Å². The monoisotopic (exact) mass is 380 g/mol. The summed E-state index contributed by atoms with van der Waals surface area (Å²) < 4.78 is 0. The van der Waals surface area contributed by atoms with Crippen molar-refractivity contribution in [3.8, 4) is 0 Å². The van der Waals surface area contributed by atoms with Crippen LogP contribution in [0.4, 0.5) is 11.4 Å². The van der Waals surface area contributed by atoms with E-state index in [1.807, 2.05) is 60.7 Å². The second-order valence-corrected chi connectivity index (χ2v) is 7.71. The second-order valence-electron chi connectivity index (χ2n) is 7.71. The summed E-state index contributed by atoms with van der Waals surface area (Å²) in [5, 5.41) is 5.87. The topological polar surface area (TPSA) is 58.2 Å². The lowest BCUT2D eigenvalue weighted by Gasteiger charge is -2.14. The molecule has 0 saturated carbocycles. The molecule has 0 aliphatic heterocycles. The first-order chi connectivity index (χ1) is 13.5. The van der Waals surface area contributed by atoms with Gasteiger partial charge in [-0.3, -0.25) is 9.59 Å². The van der Waals surface area contributed by atoms with E-state index < -0.39 is 0 Å². The highest BCUT2D eigenvalue weighted by molar-refractivity contribution is 5.91. The van der Waals surface area contributed by atoms with E-state index in [9.17, 15) is 9.59 Å². The molecule has 2 aromatic carbocycles. The summed E-state index contributed by atoms with van der Waals surface area (Å²) in [4.78, 5) is 24.1. The molecule has 0 spiro atoms. The number of amides is 2. The van der Waals surface area contributed by atoms with E-state index in [0.29, 0.717) is 24.7 Å². The number of benzene rings is 2. The lowest BCUT2D eigenvalue weighted by Crippen LogP contribution is -2.15. The van der Waals surface area contributed by atoms with Gasteiger partial charge in [-0.05, 0) is 42.5 Å². The first-order valence-electron chi connectivity index (χ1n) is 10.2. The predicted molar refractivity (Wildman–Crippen MR) is 116 cm³/mol. The maximum absolute atomic E-state index is 12.1. The summed E-state index contributed by atoms with van der Waals surface area (Å²) in [6.45, 7) is 4.32. The minimum absolute atomic E-state index is 0.0731. The maximum Gasteiger partial charge on any atom is 0.224 e. The Kier molecular flexibility index (Phi) is 9.26. The Morgan fingerprint density at radius 1 is 0.714 bits per heavy atom. The molecule has 2 atom stereocenters. The van der Waals surface area contributed by atoms with Crippen LogP contribution in [0, 0.1) is 11.8 Å². The molecule has 2 unspecified atom stereocenters. The van der Waals surface area contributed by atoms with Crippen molar-refractivity contribution in [3.63, 3.8) is 0 Å². The van der Waals surface area contributed by atoms with Gasteiger partial charge in [0, 0.05) is 24.2 Å². The first-order valence-corrected chi connectivity index (χ1v) is 10.2. The Bertz CT molecular complexity index is 716. The molecule has 0 bridgehead atoms. The van der Waals surface area contributed by atoms with Gasteiger partial charge in [-0.2, -0.15) is 0 Å². The molecule has 0 aromatic heterocycles. The van der Waals surface area contributed by atoms with Gasteiger partial charge in [0.1, 0.15) is 0 Å². The third-order valence-electron chi connectivity index (χ3n) is 4.91. The van der Waals surface area contributed by atoms with E-state index >= 15 is 0 Å². The van der Waals surface area contributed by atoms with Gasteiger partial charge >= 0.3 is 0 Å². The Balaban J connectivity index is 1.56. The molecule has 0 radical (unpaired) electrons. The van der Waals surface area contributed by atoms with Gasteiger partial charge in [-0.25, -0.2) is 0 Å². The average Bonchev–Trinajstić information content (AvgIpc) is 2.68. The molecule has 2 amide bonds. The zero-order chi connectivity index (χ0) is 20.2. The molecule has 2 N–H and O–H groups in total. The molecule has 0 aliphatic rings. The van der Waals surface area contributed by atoms with Gasteiger partial charge in [-0.15, -0.1) is 0 Å². The molecule has 4 heteroatoms. The molecule has 2 rings (SSSR count). The lowest BCUT2D eigenvalue weighted by atomic mass is 9.94. The Hall–Kier alpha value is -2.62. The number of anilines is 2. The largest absolute Gasteiger partial charge is 0.326 e. The highest BCUT2D eigenvalue weighted by atomic mass is 16.2. The molecular formula is C24H32N2O2. The number of hydrogen-bond donors (Lipinski definition) is 2. The van der Waals surface area contributed by atoms with Crippen LogP contribution >= 0.6 is 0 Å². The molecule has 0 saturated heterocycles. The Morgan fingerprint density at radius 2 is 1.21 bits per heavy atom. The van der Waals surface area contributed by atoms with E-state index in [4.69, 9.17) is 0 Å². The Morgan fingerprint density at radius 3 is 1.79 bits per heavy atom. The maximum atomic E-state index is 12.1. The third kappa shape index (κ3) is 8.85. The van der Waals surface area contributed by atoms with Crippen molar-refractivity contribution in [2.45, 2.75) is 52.4 Å². The van der Waals surface area contributed by atoms with Gasteiger partial charge in [0.2, 0.25) is 11.8 Å². The zero-order valence-electron chi connectivity index (χ0n) is 17.0. The highest BCUT2D eigenvalue weighted by Crippen LogP contribution is 2.19. The van der Waals surface area contributed by atoms with Crippen LogP contribution in [0.2, 0.25) is 0 Å². The third-order valence-corrected chi connectivity index (χ3v) is 4.91. The average molecular weight is 381 g/mol. The number of rotatable bonds is 11. The number of carbonyl (C=O) groups excluding carboxylic acids is 2. The van der Waals surface area contributed by atoms with Crippen LogP contribution in [0.25, 0.3) is 0 Å². The minimum Gasteiger partial charge on any atom is -0.326 e. The summed E-state index contributed by atoms with van der Waals surface area (Å²) in [6.07, 6.45) is 5.18. The molecule has 28 heavy (non-hydrogen) atoms. The number of para-hydroxylation sites is 2. The molecule has 0 heterocycles. The van der Waals surface area contributed by atoms with E-state index in [-0.39, 0.29) is 11.8 Å². The van der Waals surface area contributed by atoms with Crippen molar-refractivity contribution in [2.24, 2.45) is 11.8 Å². The standard InChI is InChI=1S/C24H32N2O2/c1-19(16-17-23(27)25-21-12-5-3-6-13-21)10-9-11-20(2)18-24(28)26-22-14-7-4-8-15-22/h3-8,12-15,19-20H,9-11,16-18H2,1-2H3,(H,25,27)(H,26,28). The summed E-state index contributed by atoms with van der Waals surface area (Å²) in [7, 11) is 0. The van der Waals surface area contributed by atoms with E-state index in [1.54, 1.807) is 0 Å². The van der Waals surface area contributed by atoms with Crippen molar-refractivity contribution in [3.05, 3.63) is 60.7 Å². The van der Waals surface area contributed by atoms with E-state index in [2.05, 4.69) is 24.5 Å². The van der Waals surface area contributed by atoms with Gasteiger partial charge < -0.3 is 10.6 Å². The van der Waals surface area contributed by atoms with Crippen LogP contribution in [-0.2, 0) is 9.59 Å². The van der Waals surface area contributed by atoms with Crippen molar-refractivity contribution < 1.29 is 9.59 Å². The fourth-order valence-electron chi connectivity index (χ4n) is 3.23. The SMILES string of the molecule is CC(CCCC(C)CC(=O)Nc1ccccc1)CCC(=O)Nc1ccccc1. The molecule has 2 aromatic rings. The van der Waals surface area contributed by atoms with Crippen molar-refractivity contribution >= 4 is 23.2 Å².